The summed E-state index contributed by atoms with van der Waals surface area (Å²) in [5.74, 6) is 1.26. The molecule has 0 amide bonds. The summed E-state index contributed by atoms with van der Waals surface area (Å²) in [5, 5.41) is 28.1. The summed E-state index contributed by atoms with van der Waals surface area (Å²) in [6, 6.07) is 17.4. The second-order valence-corrected chi connectivity index (χ2v) is 8.01. The Morgan fingerprint density at radius 2 is 1.06 bits per heavy atom. The lowest BCUT2D eigenvalue weighted by atomic mass is 10.0. The highest BCUT2D eigenvalue weighted by Gasteiger charge is 2.02. The largest absolute Gasteiger partial charge is 0.508 e. The van der Waals surface area contributed by atoms with Crippen LogP contribution in [0.25, 0.3) is 0 Å². The van der Waals surface area contributed by atoms with Gasteiger partial charge in [-0.1, -0.05) is 71.9 Å². The molecule has 3 rings (SSSR count). The van der Waals surface area contributed by atoms with Crippen molar-refractivity contribution in [2.45, 2.75) is 80.1 Å². The van der Waals surface area contributed by atoms with E-state index in [1.54, 1.807) is 6.07 Å². The normalized spacial score (nSPS) is 10.0. The molecule has 3 aromatic carbocycles. The van der Waals surface area contributed by atoms with Gasteiger partial charge in [-0.05, 0) is 96.2 Å². The lowest BCUT2D eigenvalue weighted by Crippen LogP contribution is -1.90. The molecule has 0 saturated carbocycles. The van der Waals surface area contributed by atoms with Crippen molar-refractivity contribution in [3.8, 4) is 17.2 Å². The van der Waals surface area contributed by atoms with Gasteiger partial charge in [-0.15, -0.1) is 0 Å². The first-order chi connectivity index (χ1) is 15.8. The summed E-state index contributed by atoms with van der Waals surface area (Å²) in [7, 11) is 0. The van der Waals surface area contributed by atoms with E-state index >= 15 is 0 Å². The third kappa shape index (κ3) is 9.21. The lowest BCUT2D eigenvalue weighted by Gasteiger charge is -2.06. The Labute approximate surface area is 200 Å². The maximum atomic E-state index is 9.42. The maximum absolute atomic E-state index is 9.42. The van der Waals surface area contributed by atoms with E-state index < -0.39 is 0 Å². The van der Waals surface area contributed by atoms with Crippen molar-refractivity contribution in [3.05, 3.63) is 88.0 Å². The second-order valence-electron chi connectivity index (χ2n) is 8.01. The van der Waals surface area contributed by atoms with Crippen molar-refractivity contribution in [1.82, 2.24) is 0 Å². The Bertz CT molecular complexity index is 954. The van der Waals surface area contributed by atoms with Gasteiger partial charge in [-0.3, -0.25) is 0 Å². The molecule has 0 unspecified atom stereocenters. The number of phenols is 3. The van der Waals surface area contributed by atoms with E-state index in [0.717, 1.165) is 49.7 Å². The molecule has 3 nitrogen and oxygen atoms in total. The van der Waals surface area contributed by atoms with Gasteiger partial charge in [-0.2, -0.15) is 0 Å². The third-order valence-electron chi connectivity index (χ3n) is 5.78. The Kier molecular flexibility index (Phi) is 12.8. The smallest absolute Gasteiger partial charge is 0.119 e. The first kappa shape index (κ1) is 28.1. The van der Waals surface area contributed by atoms with Gasteiger partial charge in [0, 0.05) is 0 Å². The van der Waals surface area contributed by atoms with E-state index in [1.807, 2.05) is 37.3 Å². The van der Waals surface area contributed by atoms with Crippen LogP contribution < -0.4 is 0 Å². The Morgan fingerprint density at radius 3 is 1.48 bits per heavy atom. The van der Waals surface area contributed by atoms with Crippen LogP contribution in [0.15, 0.2) is 54.6 Å². The van der Waals surface area contributed by atoms with Gasteiger partial charge in [0.05, 0.1) is 0 Å². The molecule has 33 heavy (non-hydrogen) atoms. The third-order valence-corrected chi connectivity index (χ3v) is 5.78. The van der Waals surface area contributed by atoms with Crippen molar-refractivity contribution in [1.29, 1.82) is 0 Å². The molecule has 0 aliphatic carbocycles. The molecule has 0 fully saturated rings. The van der Waals surface area contributed by atoms with Gasteiger partial charge < -0.3 is 15.3 Å². The van der Waals surface area contributed by atoms with Gasteiger partial charge in [0.1, 0.15) is 17.2 Å². The van der Waals surface area contributed by atoms with Crippen LogP contribution in [0, 0.1) is 0 Å². The number of hydrogen-bond acceptors (Lipinski definition) is 3. The summed E-state index contributed by atoms with van der Waals surface area (Å²) >= 11 is 0. The first-order valence-electron chi connectivity index (χ1n) is 12.2. The minimum absolute atomic E-state index is 0.390. The number of rotatable bonds is 6. The minimum Gasteiger partial charge on any atom is -0.508 e. The van der Waals surface area contributed by atoms with Crippen LogP contribution in [0.1, 0.15) is 74.9 Å². The van der Waals surface area contributed by atoms with Crippen molar-refractivity contribution >= 4 is 0 Å². The highest BCUT2D eigenvalue weighted by Crippen LogP contribution is 2.21. The van der Waals surface area contributed by atoms with Crippen molar-refractivity contribution in [3.63, 3.8) is 0 Å². The number of hydrogen-bond donors (Lipinski definition) is 3. The zero-order valence-corrected chi connectivity index (χ0v) is 21.3. The molecule has 0 aliphatic heterocycles. The van der Waals surface area contributed by atoms with Crippen LogP contribution in [0.4, 0.5) is 0 Å². The molecule has 0 saturated heterocycles. The average molecular weight is 451 g/mol. The fraction of sp³-hybridized carbons (Fsp3) is 0.400. The van der Waals surface area contributed by atoms with Gasteiger partial charge in [0.25, 0.3) is 0 Å². The fourth-order valence-corrected chi connectivity index (χ4v) is 3.64. The molecule has 3 heteroatoms. The summed E-state index contributed by atoms with van der Waals surface area (Å²) in [6.45, 7) is 12.5. The van der Waals surface area contributed by atoms with Crippen molar-refractivity contribution in [2.75, 3.05) is 0 Å². The van der Waals surface area contributed by atoms with Gasteiger partial charge in [-0.25, -0.2) is 0 Å². The zero-order valence-electron chi connectivity index (χ0n) is 21.3. The maximum Gasteiger partial charge on any atom is 0.119 e. The van der Waals surface area contributed by atoms with E-state index in [2.05, 4.69) is 52.8 Å². The van der Waals surface area contributed by atoms with Crippen LogP contribution in [-0.2, 0) is 38.5 Å². The molecule has 3 aromatic rings. The van der Waals surface area contributed by atoms with Crippen LogP contribution in [-0.4, -0.2) is 15.3 Å². The summed E-state index contributed by atoms with van der Waals surface area (Å²) in [5.41, 5.74) is 6.99. The predicted molar refractivity (Wildman–Crippen MR) is 141 cm³/mol. The first-order valence-corrected chi connectivity index (χ1v) is 12.2. The van der Waals surface area contributed by atoms with Gasteiger partial charge >= 0.3 is 0 Å². The van der Waals surface area contributed by atoms with Crippen molar-refractivity contribution < 1.29 is 15.3 Å². The Hall–Kier alpha value is -2.94. The van der Waals surface area contributed by atoms with Crippen LogP contribution in [0.3, 0.4) is 0 Å². The highest BCUT2D eigenvalue weighted by atomic mass is 16.3. The summed E-state index contributed by atoms with van der Waals surface area (Å²) in [6.07, 6.45) is 5.77. The number of aromatic hydroxyl groups is 3. The molecule has 0 heterocycles. The lowest BCUT2D eigenvalue weighted by molar-refractivity contribution is 0.467. The molecule has 0 bridgehead atoms. The number of aryl methyl sites for hydroxylation is 5. The zero-order chi connectivity index (χ0) is 24.8. The number of phenolic OH excluding ortho intramolecular Hbond substituents is 3. The molecular weight excluding hydrogens is 408 g/mol. The van der Waals surface area contributed by atoms with E-state index in [-0.39, 0.29) is 0 Å². The molecule has 0 atom stereocenters. The number of benzene rings is 3. The second kappa shape index (κ2) is 15.0. The van der Waals surface area contributed by atoms with Crippen LogP contribution in [0.5, 0.6) is 17.2 Å². The molecule has 0 aliphatic rings. The Balaban J connectivity index is 0.000000247. The van der Waals surface area contributed by atoms with E-state index in [0.29, 0.717) is 17.2 Å². The Morgan fingerprint density at radius 1 is 0.485 bits per heavy atom. The van der Waals surface area contributed by atoms with E-state index in [4.69, 9.17) is 0 Å². The van der Waals surface area contributed by atoms with Gasteiger partial charge in [0.2, 0.25) is 0 Å². The van der Waals surface area contributed by atoms with E-state index in [9.17, 15) is 15.3 Å². The standard InChI is InChI=1S/3C10H14O/c1-3-8-5-9(4-2)7-10(11)6-8;1-3-8-5-6-9(4-2)10(11)7-8;1-3-8-6-5-7-10(11)9(8)4-2/h3*5-7,11H,3-4H2,1-2H3. The quantitative estimate of drug-likeness (QED) is 0.363. The topological polar surface area (TPSA) is 60.7 Å². The fourth-order valence-electron chi connectivity index (χ4n) is 3.64. The molecule has 0 spiro atoms. The molecule has 180 valence electrons. The van der Waals surface area contributed by atoms with Crippen LogP contribution in [0.2, 0.25) is 0 Å². The molecule has 0 aromatic heterocycles. The summed E-state index contributed by atoms with van der Waals surface area (Å²) < 4.78 is 0. The van der Waals surface area contributed by atoms with Gasteiger partial charge in [0.15, 0.2) is 0 Å². The average Bonchev–Trinajstić information content (AvgIpc) is 2.84. The SMILES string of the molecule is CCc1cc(O)cc(CC)c1.CCc1ccc(CC)c(O)c1.CCc1cccc(O)c1CC. The molecule has 3 N–H and O–H groups in total. The molecule has 0 radical (unpaired) electrons. The predicted octanol–water partition coefficient (Wildman–Crippen LogP) is 7.55. The van der Waals surface area contributed by atoms with E-state index in [1.165, 1.54) is 22.3 Å². The highest BCUT2D eigenvalue weighted by molar-refractivity contribution is 5.39. The summed E-state index contributed by atoms with van der Waals surface area (Å²) in [4.78, 5) is 0. The molecular formula is C30H42O3. The van der Waals surface area contributed by atoms with Crippen LogP contribution >= 0.6 is 0 Å². The van der Waals surface area contributed by atoms with Crippen molar-refractivity contribution in [2.24, 2.45) is 0 Å². The monoisotopic (exact) mass is 450 g/mol. The minimum atomic E-state index is 0.390.